The predicted molar refractivity (Wildman–Crippen MR) is 132 cm³/mol. The lowest BCUT2D eigenvalue weighted by atomic mass is 9.95. The lowest BCUT2D eigenvalue weighted by molar-refractivity contribution is -0.139. The molecule has 0 aliphatic carbocycles. The molecule has 1 saturated heterocycles. The third-order valence-electron chi connectivity index (χ3n) is 5.55. The molecular formula is C27H32N2O5. The number of aliphatic hydroxyl groups excluding tert-OH is 1. The van der Waals surface area contributed by atoms with Crippen molar-refractivity contribution in [3.8, 4) is 11.5 Å². The number of amides is 1. The van der Waals surface area contributed by atoms with E-state index in [0.717, 1.165) is 12.1 Å². The van der Waals surface area contributed by atoms with Gasteiger partial charge < -0.3 is 24.4 Å². The highest BCUT2D eigenvalue weighted by Gasteiger charge is 2.45. The molecule has 1 fully saturated rings. The van der Waals surface area contributed by atoms with Crippen LogP contribution in [0.15, 0.2) is 66.8 Å². The molecule has 1 amide bonds. The van der Waals surface area contributed by atoms with Gasteiger partial charge in [0.05, 0.1) is 18.2 Å². The first-order valence-electron chi connectivity index (χ1n) is 11.4. The molecule has 2 aromatic carbocycles. The van der Waals surface area contributed by atoms with Crippen molar-refractivity contribution >= 4 is 17.4 Å². The number of benzene rings is 2. The fourth-order valence-corrected chi connectivity index (χ4v) is 3.95. The highest BCUT2D eigenvalue weighted by atomic mass is 16.5. The maximum absolute atomic E-state index is 13.1. The van der Waals surface area contributed by atoms with Gasteiger partial charge in [-0.15, -0.1) is 0 Å². The minimum absolute atomic E-state index is 0.0822. The smallest absolute Gasteiger partial charge is 0.295 e. The number of aliphatic hydroxyl groups is 1. The van der Waals surface area contributed by atoms with Crippen LogP contribution in [0.2, 0.25) is 0 Å². The molecule has 7 heteroatoms. The first kappa shape index (κ1) is 25.1. The number of carbonyl (C=O) groups is 2. The molecule has 3 rings (SSSR count). The monoisotopic (exact) mass is 464 g/mol. The zero-order valence-electron chi connectivity index (χ0n) is 20.0. The van der Waals surface area contributed by atoms with Crippen molar-refractivity contribution in [2.24, 2.45) is 0 Å². The molecule has 0 radical (unpaired) electrons. The Bertz CT molecular complexity index is 1040. The van der Waals surface area contributed by atoms with Gasteiger partial charge >= 0.3 is 0 Å². The van der Waals surface area contributed by atoms with Crippen LogP contribution in [-0.4, -0.2) is 67.0 Å². The van der Waals surface area contributed by atoms with Crippen molar-refractivity contribution in [1.82, 2.24) is 9.80 Å². The summed E-state index contributed by atoms with van der Waals surface area (Å²) in [6.07, 6.45) is 2.34. The van der Waals surface area contributed by atoms with Gasteiger partial charge in [-0.3, -0.25) is 9.59 Å². The molecule has 1 aliphatic heterocycles. The second-order valence-electron chi connectivity index (χ2n) is 8.28. The van der Waals surface area contributed by atoms with Crippen molar-refractivity contribution in [2.45, 2.75) is 19.4 Å². The van der Waals surface area contributed by atoms with Gasteiger partial charge in [-0.1, -0.05) is 24.8 Å². The Balaban J connectivity index is 2.01. The number of nitrogens with zero attached hydrogens (tertiary/aromatic N) is 2. The van der Waals surface area contributed by atoms with Gasteiger partial charge in [0.15, 0.2) is 0 Å². The van der Waals surface area contributed by atoms with Crippen LogP contribution in [0, 0.1) is 0 Å². The van der Waals surface area contributed by atoms with E-state index in [2.05, 4.69) is 6.58 Å². The van der Waals surface area contributed by atoms with E-state index in [4.69, 9.17) is 9.47 Å². The second kappa shape index (κ2) is 11.5. The van der Waals surface area contributed by atoms with Gasteiger partial charge in [0.1, 0.15) is 23.9 Å². The molecule has 34 heavy (non-hydrogen) atoms. The van der Waals surface area contributed by atoms with E-state index < -0.39 is 17.7 Å². The zero-order chi connectivity index (χ0) is 24.7. The number of hydrogen-bond acceptors (Lipinski definition) is 6. The van der Waals surface area contributed by atoms with Crippen LogP contribution < -0.4 is 9.47 Å². The van der Waals surface area contributed by atoms with Crippen molar-refractivity contribution in [3.05, 3.63) is 77.9 Å². The quantitative estimate of drug-likeness (QED) is 0.234. The predicted octanol–water partition coefficient (Wildman–Crippen LogP) is 4.02. The van der Waals surface area contributed by atoms with E-state index in [1.807, 2.05) is 50.2 Å². The van der Waals surface area contributed by atoms with Gasteiger partial charge in [-0.25, -0.2) is 0 Å². The van der Waals surface area contributed by atoms with Crippen LogP contribution in [0.3, 0.4) is 0 Å². The summed E-state index contributed by atoms with van der Waals surface area (Å²) < 4.78 is 11.0. The Morgan fingerprint density at radius 3 is 2.26 bits per heavy atom. The Labute approximate surface area is 200 Å². The molecule has 1 heterocycles. The summed E-state index contributed by atoms with van der Waals surface area (Å²) >= 11 is 0. The number of Topliss-reactive ketones (excluding diaryl/α,β-unsaturated/α-hetero) is 1. The lowest BCUT2D eigenvalue weighted by Gasteiger charge is -2.26. The fourth-order valence-electron chi connectivity index (χ4n) is 3.95. The Morgan fingerprint density at radius 2 is 1.68 bits per heavy atom. The molecular weight excluding hydrogens is 432 g/mol. The van der Waals surface area contributed by atoms with Gasteiger partial charge in [0.25, 0.3) is 11.7 Å². The number of rotatable bonds is 11. The molecule has 7 nitrogen and oxygen atoms in total. The normalized spacial score (nSPS) is 17.3. The minimum atomic E-state index is -0.687. The van der Waals surface area contributed by atoms with Crippen molar-refractivity contribution in [3.63, 3.8) is 0 Å². The molecule has 0 saturated carbocycles. The van der Waals surface area contributed by atoms with Gasteiger partial charge in [0, 0.05) is 12.1 Å². The molecule has 1 atom stereocenters. The first-order valence-corrected chi connectivity index (χ1v) is 11.4. The van der Waals surface area contributed by atoms with Crippen molar-refractivity contribution in [2.75, 3.05) is 40.4 Å². The third kappa shape index (κ3) is 5.66. The molecule has 1 aliphatic rings. The SMILES string of the molecule is C=CCOc1ccc(C(O)=C2C(=O)C(=O)N(CCCN(C)C)[C@@H]2c2ccc(OCC)cc2)cc1. The highest BCUT2D eigenvalue weighted by Crippen LogP contribution is 2.40. The zero-order valence-corrected chi connectivity index (χ0v) is 20.0. The molecule has 0 aromatic heterocycles. The number of ketones is 1. The van der Waals surface area contributed by atoms with Gasteiger partial charge in [0.2, 0.25) is 0 Å². The van der Waals surface area contributed by atoms with Crippen LogP contribution >= 0.6 is 0 Å². The molecule has 1 N–H and O–H groups in total. The van der Waals surface area contributed by atoms with Crippen LogP contribution in [0.1, 0.15) is 30.5 Å². The number of hydrogen-bond donors (Lipinski definition) is 1. The number of likely N-dealkylation sites (tertiary alicyclic amines) is 1. The van der Waals surface area contributed by atoms with Gasteiger partial charge in [-0.05, 0) is 75.9 Å². The summed E-state index contributed by atoms with van der Waals surface area (Å²) in [4.78, 5) is 29.7. The summed E-state index contributed by atoms with van der Waals surface area (Å²) in [7, 11) is 3.92. The summed E-state index contributed by atoms with van der Waals surface area (Å²) in [5.74, 6) is -0.185. The molecule has 0 unspecified atom stereocenters. The highest BCUT2D eigenvalue weighted by molar-refractivity contribution is 6.46. The molecule has 0 spiro atoms. The maximum Gasteiger partial charge on any atom is 0.295 e. The van der Waals surface area contributed by atoms with E-state index in [-0.39, 0.29) is 11.3 Å². The standard InChI is InChI=1S/C27H32N2O5/c1-5-18-34-22-14-10-20(11-15-22)25(30)23-24(19-8-12-21(13-9-19)33-6-2)29(27(32)26(23)31)17-7-16-28(3)4/h5,8-15,24,30H,1,6-7,16-18H2,2-4H3/t24-/m1/s1. The van der Waals surface area contributed by atoms with E-state index in [0.29, 0.717) is 43.2 Å². The lowest BCUT2D eigenvalue weighted by Crippen LogP contribution is -2.32. The van der Waals surface area contributed by atoms with Crippen molar-refractivity contribution < 1.29 is 24.2 Å². The Kier molecular flexibility index (Phi) is 8.49. The number of ether oxygens (including phenoxy) is 2. The topological polar surface area (TPSA) is 79.3 Å². The summed E-state index contributed by atoms with van der Waals surface area (Å²) in [6.45, 7) is 7.59. The van der Waals surface area contributed by atoms with Crippen LogP contribution in [-0.2, 0) is 9.59 Å². The number of carbonyl (C=O) groups excluding carboxylic acids is 2. The summed E-state index contributed by atoms with van der Waals surface area (Å²) in [5.41, 5.74) is 1.26. The fraction of sp³-hybridized carbons (Fsp3) is 0.333. The summed E-state index contributed by atoms with van der Waals surface area (Å²) in [6, 6.07) is 13.4. The van der Waals surface area contributed by atoms with E-state index in [1.54, 1.807) is 35.2 Å². The average molecular weight is 465 g/mol. The maximum atomic E-state index is 13.1. The second-order valence-corrected chi connectivity index (χ2v) is 8.28. The first-order chi connectivity index (χ1) is 16.4. The molecule has 2 aromatic rings. The third-order valence-corrected chi connectivity index (χ3v) is 5.55. The van der Waals surface area contributed by atoms with E-state index in [1.165, 1.54) is 0 Å². The summed E-state index contributed by atoms with van der Waals surface area (Å²) in [5, 5.41) is 11.2. The van der Waals surface area contributed by atoms with Crippen molar-refractivity contribution in [1.29, 1.82) is 0 Å². The largest absolute Gasteiger partial charge is 0.507 e. The Hall–Kier alpha value is -3.58. The molecule has 180 valence electrons. The van der Waals surface area contributed by atoms with Crippen LogP contribution in [0.5, 0.6) is 11.5 Å². The average Bonchev–Trinajstić information content (AvgIpc) is 3.08. The van der Waals surface area contributed by atoms with E-state index >= 15 is 0 Å². The van der Waals surface area contributed by atoms with E-state index in [9.17, 15) is 14.7 Å². The van der Waals surface area contributed by atoms with Crippen LogP contribution in [0.25, 0.3) is 5.76 Å². The minimum Gasteiger partial charge on any atom is -0.507 e. The molecule has 0 bridgehead atoms. The van der Waals surface area contributed by atoms with Gasteiger partial charge in [-0.2, -0.15) is 0 Å². The Morgan fingerprint density at radius 1 is 1.06 bits per heavy atom. The van der Waals surface area contributed by atoms with Crippen LogP contribution in [0.4, 0.5) is 0 Å².